The van der Waals surface area contributed by atoms with Gasteiger partial charge in [-0.1, -0.05) is 44.2 Å². The van der Waals surface area contributed by atoms with E-state index in [1.54, 1.807) is 0 Å². The average Bonchev–Trinajstić information content (AvgIpc) is 3.07. The summed E-state index contributed by atoms with van der Waals surface area (Å²) in [5.41, 5.74) is 1.40. The van der Waals surface area contributed by atoms with Gasteiger partial charge in [-0.2, -0.15) is 0 Å². The minimum atomic E-state index is -0.551. The molecule has 1 aliphatic rings. The fraction of sp³-hybridized carbons (Fsp3) is 0.667. The zero-order valence-electron chi connectivity index (χ0n) is 16.9. The van der Waals surface area contributed by atoms with Crippen LogP contribution in [-0.4, -0.2) is 61.5 Å². The Hall–Kier alpha value is -0.860. The Morgan fingerprint density at radius 3 is 2.70 bits per heavy atom. The van der Waals surface area contributed by atoms with Gasteiger partial charge in [0.15, 0.2) is 5.96 Å². The maximum Gasteiger partial charge on any atom is 0.194 e. The molecule has 1 heterocycles. The standard InChI is InChI=1S/C21H35N3O2.HI/c1-4-22-21(23-13-20(25)16-26-15-17(2)3)24-11-10-19(14-24)12-18-8-6-5-7-9-18;/h5-9,17,19-20,25H,4,10-16H2,1-3H3,(H,22,23);1H. The molecule has 0 aromatic heterocycles. The highest BCUT2D eigenvalue weighted by Crippen LogP contribution is 2.20. The molecule has 0 spiro atoms. The predicted octanol–water partition coefficient (Wildman–Crippen LogP) is 3.17. The SMILES string of the molecule is CCNC(=NCC(O)COCC(C)C)N1CCC(Cc2ccccc2)C1.I. The van der Waals surface area contributed by atoms with Crippen molar-refractivity contribution in [3.8, 4) is 0 Å². The number of rotatable bonds is 9. The van der Waals surface area contributed by atoms with Crippen LogP contribution in [-0.2, 0) is 11.2 Å². The Morgan fingerprint density at radius 2 is 2.04 bits per heavy atom. The van der Waals surface area contributed by atoms with Crippen LogP contribution in [0.2, 0.25) is 0 Å². The number of nitrogens with one attached hydrogen (secondary N) is 1. The third-order valence-electron chi connectivity index (χ3n) is 4.50. The van der Waals surface area contributed by atoms with Gasteiger partial charge in [-0.15, -0.1) is 24.0 Å². The van der Waals surface area contributed by atoms with Gasteiger partial charge in [0, 0.05) is 26.2 Å². The second kappa shape index (κ2) is 13.3. The Kier molecular flexibility index (Phi) is 11.9. The summed E-state index contributed by atoms with van der Waals surface area (Å²) in [7, 11) is 0. The minimum absolute atomic E-state index is 0. The third-order valence-corrected chi connectivity index (χ3v) is 4.50. The highest BCUT2D eigenvalue weighted by atomic mass is 127. The Morgan fingerprint density at radius 1 is 1.30 bits per heavy atom. The molecule has 0 aliphatic carbocycles. The molecule has 2 rings (SSSR count). The van der Waals surface area contributed by atoms with Gasteiger partial charge in [-0.3, -0.25) is 4.99 Å². The first-order valence-corrected chi connectivity index (χ1v) is 9.91. The van der Waals surface area contributed by atoms with Crippen LogP contribution in [0.1, 0.15) is 32.8 Å². The fourth-order valence-corrected chi connectivity index (χ4v) is 3.25. The van der Waals surface area contributed by atoms with Crippen molar-refractivity contribution in [3.05, 3.63) is 35.9 Å². The van der Waals surface area contributed by atoms with Crippen LogP contribution in [0.4, 0.5) is 0 Å². The largest absolute Gasteiger partial charge is 0.389 e. The number of aliphatic hydroxyl groups excluding tert-OH is 1. The molecule has 2 N–H and O–H groups in total. The molecule has 6 heteroatoms. The summed E-state index contributed by atoms with van der Waals surface area (Å²) in [6.07, 6.45) is 1.74. The van der Waals surface area contributed by atoms with E-state index < -0.39 is 6.10 Å². The van der Waals surface area contributed by atoms with Gasteiger partial charge in [0.1, 0.15) is 0 Å². The highest BCUT2D eigenvalue weighted by molar-refractivity contribution is 14.0. The molecule has 0 saturated carbocycles. The van der Waals surface area contributed by atoms with Gasteiger partial charge >= 0.3 is 0 Å². The van der Waals surface area contributed by atoms with Crippen molar-refractivity contribution in [2.24, 2.45) is 16.8 Å². The summed E-state index contributed by atoms with van der Waals surface area (Å²) in [6, 6.07) is 10.7. The lowest BCUT2D eigenvalue weighted by molar-refractivity contribution is 0.0300. The maximum absolute atomic E-state index is 10.1. The fourth-order valence-electron chi connectivity index (χ4n) is 3.25. The van der Waals surface area contributed by atoms with Gasteiger partial charge in [0.25, 0.3) is 0 Å². The zero-order valence-corrected chi connectivity index (χ0v) is 19.3. The molecule has 154 valence electrons. The maximum atomic E-state index is 10.1. The Bertz CT molecular complexity index is 539. The molecule has 27 heavy (non-hydrogen) atoms. The van der Waals surface area contributed by atoms with Crippen molar-refractivity contribution >= 4 is 29.9 Å². The molecule has 1 aliphatic heterocycles. The van der Waals surface area contributed by atoms with Crippen LogP contribution >= 0.6 is 24.0 Å². The number of ether oxygens (including phenoxy) is 1. The number of hydrogen-bond acceptors (Lipinski definition) is 3. The van der Waals surface area contributed by atoms with Crippen molar-refractivity contribution < 1.29 is 9.84 Å². The second-order valence-electron chi connectivity index (χ2n) is 7.57. The molecular weight excluding hydrogens is 453 g/mol. The van der Waals surface area contributed by atoms with Gasteiger partial charge in [-0.05, 0) is 37.2 Å². The molecule has 1 saturated heterocycles. The smallest absolute Gasteiger partial charge is 0.194 e. The number of guanidine groups is 1. The van der Waals surface area contributed by atoms with Crippen LogP contribution in [0.5, 0.6) is 0 Å². The van der Waals surface area contributed by atoms with Crippen molar-refractivity contribution in [1.82, 2.24) is 10.2 Å². The first-order chi connectivity index (χ1) is 12.6. The van der Waals surface area contributed by atoms with Crippen LogP contribution < -0.4 is 5.32 Å². The number of halogens is 1. The van der Waals surface area contributed by atoms with E-state index in [0.29, 0.717) is 31.6 Å². The molecule has 1 aromatic carbocycles. The van der Waals surface area contributed by atoms with E-state index in [2.05, 4.69) is 66.3 Å². The average molecular weight is 489 g/mol. The first-order valence-electron chi connectivity index (χ1n) is 9.91. The van der Waals surface area contributed by atoms with Crippen molar-refractivity contribution in [3.63, 3.8) is 0 Å². The van der Waals surface area contributed by atoms with E-state index in [4.69, 9.17) is 4.74 Å². The van der Waals surface area contributed by atoms with E-state index in [1.165, 1.54) is 12.0 Å². The Labute approximate surface area is 181 Å². The molecule has 1 fully saturated rings. The van der Waals surface area contributed by atoms with Crippen LogP contribution in [0.15, 0.2) is 35.3 Å². The number of nitrogens with zero attached hydrogens (tertiary/aromatic N) is 2. The lowest BCUT2D eigenvalue weighted by Crippen LogP contribution is -2.41. The number of likely N-dealkylation sites (tertiary alicyclic amines) is 1. The zero-order chi connectivity index (χ0) is 18.8. The van der Waals surface area contributed by atoms with Crippen molar-refractivity contribution in [1.29, 1.82) is 0 Å². The topological polar surface area (TPSA) is 57.1 Å². The van der Waals surface area contributed by atoms with Crippen molar-refractivity contribution in [2.75, 3.05) is 39.4 Å². The van der Waals surface area contributed by atoms with E-state index in [-0.39, 0.29) is 24.0 Å². The van der Waals surface area contributed by atoms with Gasteiger partial charge in [0.05, 0.1) is 19.3 Å². The molecular formula is C21H36IN3O2. The lowest BCUT2D eigenvalue weighted by Gasteiger charge is -2.22. The number of benzene rings is 1. The number of aliphatic hydroxyl groups is 1. The highest BCUT2D eigenvalue weighted by Gasteiger charge is 2.25. The first kappa shape index (κ1) is 24.2. The summed E-state index contributed by atoms with van der Waals surface area (Å²) < 4.78 is 5.50. The minimum Gasteiger partial charge on any atom is -0.389 e. The normalized spacial score (nSPS) is 18.5. The van der Waals surface area contributed by atoms with Gasteiger partial charge < -0.3 is 20.1 Å². The van der Waals surface area contributed by atoms with Crippen molar-refractivity contribution in [2.45, 2.75) is 39.7 Å². The monoisotopic (exact) mass is 489 g/mol. The third kappa shape index (κ3) is 9.25. The second-order valence-corrected chi connectivity index (χ2v) is 7.57. The van der Waals surface area contributed by atoms with Crippen LogP contribution in [0, 0.1) is 11.8 Å². The molecule has 0 amide bonds. The van der Waals surface area contributed by atoms with Gasteiger partial charge in [-0.25, -0.2) is 0 Å². The molecule has 1 aromatic rings. The van der Waals surface area contributed by atoms with E-state index in [9.17, 15) is 5.11 Å². The molecule has 2 atom stereocenters. The molecule has 2 unspecified atom stereocenters. The Balaban J connectivity index is 0.00000364. The summed E-state index contributed by atoms with van der Waals surface area (Å²) in [6.45, 7) is 10.5. The number of aliphatic imine (C=N–C) groups is 1. The van der Waals surface area contributed by atoms with Crippen LogP contribution in [0.3, 0.4) is 0 Å². The van der Waals surface area contributed by atoms with E-state index >= 15 is 0 Å². The molecule has 0 bridgehead atoms. The molecule has 5 nitrogen and oxygen atoms in total. The van der Waals surface area contributed by atoms with E-state index in [0.717, 1.165) is 32.0 Å². The molecule has 0 radical (unpaired) electrons. The summed E-state index contributed by atoms with van der Waals surface area (Å²) in [5.74, 6) is 2.04. The van der Waals surface area contributed by atoms with E-state index in [1.807, 2.05) is 0 Å². The lowest BCUT2D eigenvalue weighted by atomic mass is 9.99. The van der Waals surface area contributed by atoms with Gasteiger partial charge in [0.2, 0.25) is 0 Å². The summed E-state index contributed by atoms with van der Waals surface area (Å²) >= 11 is 0. The summed E-state index contributed by atoms with van der Waals surface area (Å²) in [4.78, 5) is 6.95. The predicted molar refractivity (Wildman–Crippen MR) is 123 cm³/mol. The van der Waals surface area contributed by atoms with Crippen LogP contribution in [0.25, 0.3) is 0 Å². The quantitative estimate of drug-likeness (QED) is 0.318. The summed E-state index contributed by atoms with van der Waals surface area (Å²) in [5, 5.41) is 13.5. The number of hydrogen-bond donors (Lipinski definition) is 2.